The molecule has 0 amide bonds. The van der Waals surface area contributed by atoms with E-state index < -0.39 is 107 Å². The first-order chi connectivity index (χ1) is 27.0. The van der Waals surface area contributed by atoms with Crippen LogP contribution in [0.5, 0.6) is 0 Å². The second-order valence-electron chi connectivity index (χ2n) is 19.2. The molecule has 16 atom stereocenters. The molecule has 12 rings (SSSR count). The quantitative estimate of drug-likeness (QED) is 0.216. The number of hydrogen-bond donors (Lipinski definition) is 5. The molecule has 0 radical (unpaired) electrons. The van der Waals surface area contributed by atoms with E-state index >= 15 is 0 Å². The number of aliphatic hydroxyl groups excluding tert-OH is 2. The number of carbonyl (C=O) groups is 2. The van der Waals surface area contributed by atoms with E-state index in [4.69, 9.17) is 28.4 Å². The molecular formula is C44H58O13. The van der Waals surface area contributed by atoms with Crippen LogP contribution < -0.4 is 0 Å². The maximum atomic E-state index is 13.7. The fraction of sp³-hybridized carbons (Fsp3) is 0.727. The van der Waals surface area contributed by atoms with E-state index in [0.29, 0.717) is 31.2 Å². The van der Waals surface area contributed by atoms with E-state index in [2.05, 4.69) is 0 Å². The van der Waals surface area contributed by atoms with Gasteiger partial charge in [-0.2, -0.15) is 0 Å². The highest BCUT2D eigenvalue weighted by molar-refractivity contribution is 5.82. The molecule has 13 heteroatoms. The first kappa shape index (κ1) is 39.7. The topological polar surface area (TPSA) is 194 Å². The van der Waals surface area contributed by atoms with Crippen LogP contribution in [0.15, 0.2) is 54.6 Å². The van der Waals surface area contributed by atoms with E-state index in [1.165, 1.54) is 12.2 Å². The third kappa shape index (κ3) is 5.45. The maximum Gasteiger partial charge on any atom is 0.331 e. The summed E-state index contributed by atoms with van der Waals surface area (Å²) < 4.78 is 39.4. The molecule has 8 fully saturated rings. The lowest BCUT2D eigenvalue weighted by Crippen LogP contribution is -2.89. The number of allylic oxidation sites excluding steroid dienone is 2. The number of ether oxygens (including phenoxy) is 6. The van der Waals surface area contributed by atoms with Gasteiger partial charge in [-0.25, -0.2) is 4.79 Å². The van der Waals surface area contributed by atoms with Crippen molar-refractivity contribution in [2.45, 2.75) is 150 Å². The Morgan fingerprint density at radius 1 is 0.947 bits per heavy atom. The van der Waals surface area contributed by atoms with Crippen LogP contribution in [0.4, 0.5) is 0 Å². The van der Waals surface area contributed by atoms with Crippen LogP contribution in [-0.2, 0) is 44.0 Å². The summed E-state index contributed by atoms with van der Waals surface area (Å²) >= 11 is 0. The van der Waals surface area contributed by atoms with Gasteiger partial charge in [0, 0.05) is 35.8 Å². The fourth-order valence-electron chi connectivity index (χ4n) is 12.8. The number of rotatable bonds is 5. The second kappa shape index (κ2) is 13.4. The Morgan fingerprint density at radius 3 is 2.33 bits per heavy atom. The van der Waals surface area contributed by atoms with E-state index in [-0.39, 0.29) is 43.0 Å². The Labute approximate surface area is 333 Å². The van der Waals surface area contributed by atoms with Crippen LogP contribution in [0.1, 0.15) is 85.1 Å². The minimum Gasteiger partial charge on any atom is -0.458 e. The summed E-state index contributed by atoms with van der Waals surface area (Å²) in [5.74, 6) is -5.95. The average Bonchev–Trinajstić information content (AvgIpc) is 3.86. The van der Waals surface area contributed by atoms with Gasteiger partial charge in [0.25, 0.3) is 0 Å². The first-order valence-electron chi connectivity index (χ1n) is 21.0. The first-order valence-corrected chi connectivity index (χ1v) is 21.0. The highest BCUT2D eigenvalue weighted by Gasteiger charge is 2.91. The lowest BCUT2D eigenvalue weighted by atomic mass is 9.49. The molecule has 13 nitrogen and oxygen atoms in total. The zero-order valence-electron chi connectivity index (χ0n) is 33.4. The Balaban J connectivity index is 1.20. The summed E-state index contributed by atoms with van der Waals surface area (Å²) in [4.78, 5) is 26.6. The highest BCUT2D eigenvalue weighted by Crippen LogP contribution is 2.75. The average molecular weight is 795 g/mol. The van der Waals surface area contributed by atoms with Crippen molar-refractivity contribution in [2.75, 3.05) is 6.61 Å². The van der Waals surface area contributed by atoms with Gasteiger partial charge in [-0.3, -0.25) is 4.79 Å². The molecule has 1 aromatic rings. The van der Waals surface area contributed by atoms with Crippen molar-refractivity contribution in [3.63, 3.8) is 0 Å². The van der Waals surface area contributed by atoms with E-state index in [9.17, 15) is 35.1 Å². The fourth-order valence-corrected chi connectivity index (χ4v) is 12.8. The van der Waals surface area contributed by atoms with Gasteiger partial charge in [0.1, 0.15) is 53.4 Å². The van der Waals surface area contributed by atoms with Crippen molar-refractivity contribution in [3.05, 3.63) is 60.2 Å². The van der Waals surface area contributed by atoms with E-state index in [1.807, 2.05) is 45.9 Å². The number of aliphatic hydroxyl groups is 5. The zero-order valence-corrected chi connectivity index (χ0v) is 33.4. The Bertz CT molecular complexity index is 1810. The minimum absolute atomic E-state index is 0.00642. The standard InChI is InChI=1S/C44H58O13/c1-23(2)19-32(47)52-29-13-9-10-14-31(46)53-34-24(3)20-30-41(34,50)38(48)40(22-45)36(54-40)33-37-43(51,39(5,49)21-26-15-17-27(29)18-16-26)35-25(4)42(30,33)57-44(55-35,56-37)28-11-7-6-8-12-28/h6-14,23-27,29-30,33-38,45,48-51H,15-22H2,1-5H3/b13-9-,14-10+/t24-,25+,26?,27?,29+,30+,33-,34-,35-,36-,37+,38+,39+,40-,41+,42-,43-,44?/m0/s1. The summed E-state index contributed by atoms with van der Waals surface area (Å²) in [6.45, 7) is 8.55. The second-order valence-corrected chi connectivity index (χ2v) is 19.2. The van der Waals surface area contributed by atoms with Gasteiger partial charge in [0.05, 0.1) is 17.8 Å². The molecule has 0 aromatic heterocycles. The van der Waals surface area contributed by atoms with Gasteiger partial charge < -0.3 is 54.0 Å². The monoisotopic (exact) mass is 794 g/mol. The van der Waals surface area contributed by atoms with Crippen LogP contribution in [0, 0.1) is 41.4 Å². The molecule has 57 heavy (non-hydrogen) atoms. The molecular weight excluding hydrogens is 736 g/mol. The predicted octanol–water partition coefficient (Wildman–Crippen LogP) is 3.18. The number of benzene rings is 1. The summed E-state index contributed by atoms with van der Waals surface area (Å²) in [5, 5.41) is 63.1. The summed E-state index contributed by atoms with van der Waals surface area (Å²) in [5.41, 5.74) is -8.71. The molecule has 11 bridgehead atoms. The molecule has 4 saturated heterocycles. The van der Waals surface area contributed by atoms with E-state index in [1.54, 1.807) is 31.2 Å². The van der Waals surface area contributed by atoms with Gasteiger partial charge in [0.15, 0.2) is 0 Å². The van der Waals surface area contributed by atoms with Gasteiger partial charge in [-0.1, -0.05) is 70.2 Å². The van der Waals surface area contributed by atoms with Crippen molar-refractivity contribution in [2.24, 2.45) is 41.4 Å². The number of esters is 2. The molecule has 1 spiro atoms. The van der Waals surface area contributed by atoms with Gasteiger partial charge in [-0.15, -0.1) is 0 Å². The molecule has 7 aliphatic heterocycles. The molecule has 4 aliphatic carbocycles. The smallest absolute Gasteiger partial charge is 0.331 e. The van der Waals surface area contributed by atoms with Crippen LogP contribution in [0.25, 0.3) is 0 Å². The normalized spacial score (nSPS) is 53.3. The molecule has 4 saturated carbocycles. The molecule has 1 aromatic carbocycles. The van der Waals surface area contributed by atoms with Crippen molar-refractivity contribution >= 4 is 11.9 Å². The van der Waals surface area contributed by atoms with Gasteiger partial charge >= 0.3 is 17.9 Å². The molecule has 312 valence electrons. The van der Waals surface area contributed by atoms with Crippen molar-refractivity contribution in [3.8, 4) is 0 Å². The Morgan fingerprint density at radius 2 is 1.65 bits per heavy atom. The highest BCUT2D eigenvalue weighted by atomic mass is 16.9. The maximum absolute atomic E-state index is 13.7. The van der Waals surface area contributed by atoms with Crippen LogP contribution >= 0.6 is 0 Å². The van der Waals surface area contributed by atoms with Gasteiger partial charge in [-0.05, 0) is 75.2 Å². The predicted molar refractivity (Wildman–Crippen MR) is 200 cm³/mol. The van der Waals surface area contributed by atoms with E-state index in [0.717, 1.165) is 0 Å². The number of carbonyl (C=O) groups excluding carboxylic acids is 2. The minimum atomic E-state index is -2.21. The van der Waals surface area contributed by atoms with Crippen LogP contribution in [0.3, 0.4) is 0 Å². The Hall–Kier alpha value is -2.72. The third-order valence-corrected chi connectivity index (χ3v) is 15.4. The number of hydrogen-bond acceptors (Lipinski definition) is 13. The summed E-state index contributed by atoms with van der Waals surface area (Å²) in [7, 11) is 0. The molecule has 1 unspecified atom stereocenters. The zero-order chi connectivity index (χ0) is 40.5. The number of fused-ring (bicyclic) bond motifs is 2. The van der Waals surface area contributed by atoms with Crippen LogP contribution in [-0.4, -0.2) is 109 Å². The number of epoxide rings is 1. The van der Waals surface area contributed by atoms with Crippen LogP contribution in [0.2, 0.25) is 0 Å². The Kier molecular flexibility index (Phi) is 9.33. The summed E-state index contributed by atoms with van der Waals surface area (Å²) in [6.07, 6.45) is 2.84. The SMILES string of the molecule is CC(C)CC(=O)O[C@@H]1/C=C\C=C\C(=O)O[C@H]2[C@@H](C)C[C@@H]3[C@]2(O)[C@H](O)[C@@]2(CO)O[C@H]2[C@H]2[C@H]4OC5(c6ccccc6)O[C@@H]([C@@H](C)[C@@]23O5)[C@@]4(O)[C@](C)(O)CC2CCC1CC2. The van der Waals surface area contributed by atoms with Crippen molar-refractivity contribution in [1.29, 1.82) is 0 Å². The van der Waals surface area contributed by atoms with Crippen molar-refractivity contribution in [1.82, 2.24) is 0 Å². The molecule has 11 aliphatic rings. The lowest BCUT2D eigenvalue weighted by molar-refractivity contribution is -0.595. The molecule has 7 heterocycles. The largest absolute Gasteiger partial charge is 0.458 e. The lowest BCUT2D eigenvalue weighted by Gasteiger charge is -2.74. The molecule has 5 N–H and O–H groups in total. The van der Waals surface area contributed by atoms with Gasteiger partial charge in [0.2, 0.25) is 0 Å². The van der Waals surface area contributed by atoms with Crippen molar-refractivity contribution < 1.29 is 63.5 Å². The third-order valence-electron chi connectivity index (χ3n) is 15.4. The summed E-state index contributed by atoms with van der Waals surface area (Å²) in [6, 6.07) is 9.06.